The van der Waals surface area contributed by atoms with Crippen LogP contribution in [0, 0.1) is 5.82 Å². The van der Waals surface area contributed by atoms with Gasteiger partial charge in [0.05, 0.1) is 18.7 Å². The lowest BCUT2D eigenvalue weighted by atomic mass is 10.2. The topological polar surface area (TPSA) is 72.4 Å². The molecule has 1 heterocycles. The summed E-state index contributed by atoms with van der Waals surface area (Å²) in [5.74, 6) is -0.706. The highest BCUT2D eigenvalue weighted by Crippen LogP contribution is 2.12. The predicted molar refractivity (Wildman–Crippen MR) is 108 cm³/mol. The SMILES string of the molecule is CCOC(=O)c1cccc(NC(=O)NCc2cccn2Cc2ccc(F)cc2)c1. The summed E-state index contributed by atoms with van der Waals surface area (Å²) in [5, 5.41) is 5.50. The first-order valence-electron chi connectivity index (χ1n) is 9.25. The molecule has 29 heavy (non-hydrogen) atoms. The maximum Gasteiger partial charge on any atom is 0.338 e. The first kappa shape index (κ1) is 20.1. The van der Waals surface area contributed by atoms with Gasteiger partial charge < -0.3 is 19.9 Å². The van der Waals surface area contributed by atoms with E-state index in [4.69, 9.17) is 4.74 Å². The van der Waals surface area contributed by atoms with Gasteiger partial charge in [-0.15, -0.1) is 0 Å². The number of nitrogens with zero attached hydrogens (tertiary/aromatic N) is 1. The first-order chi connectivity index (χ1) is 14.0. The molecular weight excluding hydrogens is 373 g/mol. The van der Waals surface area contributed by atoms with Crippen molar-refractivity contribution in [3.63, 3.8) is 0 Å². The molecule has 6 nitrogen and oxygen atoms in total. The van der Waals surface area contributed by atoms with Gasteiger partial charge in [-0.25, -0.2) is 14.0 Å². The van der Waals surface area contributed by atoms with E-state index in [0.717, 1.165) is 11.3 Å². The van der Waals surface area contributed by atoms with Crippen molar-refractivity contribution < 1.29 is 18.7 Å². The molecule has 2 aromatic carbocycles. The first-order valence-corrected chi connectivity index (χ1v) is 9.25. The van der Waals surface area contributed by atoms with Crippen LogP contribution in [0.5, 0.6) is 0 Å². The molecule has 0 bridgehead atoms. The molecule has 0 saturated heterocycles. The number of carbonyl (C=O) groups excluding carboxylic acids is 2. The predicted octanol–water partition coefficient (Wildman–Crippen LogP) is 4.17. The number of halogens is 1. The molecule has 0 aliphatic rings. The van der Waals surface area contributed by atoms with E-state index in [2.05, 4.69) is 10.6 Å². The summed E-state index contributed by atoms with van der Waals surface area (Å²) in [6.45, 7) is 2.92. The van der Waals surface area contributed by atoms with E-state index in [9.17, 15) is 14.0 Å². The number of amides is 2. The Hall–Kier alpha value is -3.61. The normalized spacial score (nSPS) is 10.4. The molecule has 0 atom stereocenters. The van der Waals surface area contributed by atoms with Gasteiger partial charge in [-0.3, -0.25) is 0 Å². The van der Waals surface area contributed by atoms with Crippen molar-refractivity contribution in [2.75, 3.05) is 11.9 Å². The quantitative estimate of drug-likeness (QED) is 0.590. The molecule has 7 heteroatoms. The number of carbonyl (C=O) groups is 2. The molecular formula is C22H22FN3O3. The van der Waals surface area contributed by atoms with Gasteiger partial charge >= 0.3 is 12.0 Å². The fourth-order valence-electron chi connectivity index (χ4n) is 2.84. The molecule has 0 unspecified atom stereocenters. The molecule has 2 N–H and O–H groups in total. The van der Waals surface area contributed by atoms with Crippen LogP contribution in [0.25, 0.3) is 0 Å². The lowest BCUT2D eigenvalue weighted by Gasteiger charge is -2.12. The van der Waals surface area contributed by atoms with Gasteiger partial charge in [-0.05, 0) is 55.0 Å². The number of esters is 1. The Balaban J connectivity index is 1.56. The fourth-order valence-corrected chi connectivity index (χ4v) is 2.84. The van der Waals surface area contributed by atoms with Crippen LogP contribution in [0.3, 0.4) is 0 Å². The average molecular weight is 395 g/mol. The van der Waals surface area contributed by atoms with Gasteiger partial charge in [-0.2, -0.15) is 0 Å². The zero-order valence-corrected chi connectivity index (χ0v) is 16.0. The standard InChI is InChI=1S/C22H22FN3O3/c1-2-29-21(27)17-5-3-6-19(13-17)25-22(28)24-14-20-7-4-12-26(20)15-16-8-10-18(23)11-9-16/h3-13H,2,14-15H2,1H3,(H2,24,25,28). The number of nitrogens with one attached hydrogen (secondary N) is 2. The number of urea groups is 1. The van der Waals surface area contributed by atoms with Crippen molar-refractivity contribution in [2.45, 2.75) is 20.0 Å². The summed E-state index contributed by atoms with van der Waals surface area (Å²) in [4.78, 5) is 24.0. The molecule has 3 aromatic rings. The zero-order chi connectivity index (χ0) is 20.6. The van der Waals surface area contributed by atoms with E-state index in [1.807, 2.05) is 22.9 Å². The second kappa shape index (κ2) is 9.54. The maximum absolute atomic E-state index is 13.1. The largest absolute Gasteiger partial charge is 0.462 e. The lowest BCUT2D eigenvalue weighted by molar-refractivity contribution is 0.0526. The molecule has 0 aliphatic heterocycles. The van der Waals surface area contributed by atoms with Crippen LogP contribution >= 0.6 is 0 Å². The monoisotopic (exact) mass is 395 g/mol. The van der Waals surface area contributed by atoms with Gasteiger partial charge in [-0.1, -0.05) is 18.2 Å². The Labute approximate surface area is 168 Å². The third-order valence-corrected chi connectivity index (χ3v) is 4.25. The number of ether oxygens (including phenoxy) is 1. The smallest absolute Gasteiger partial charge is 0.338 e. The molecule has 1 aromatic heterocycles. The van der Waals surface area contributed by atoms with Crippen LogP contribution in [-0.4, -0.2) is 23.2 Å². The number of rotatable bonds is 7. The highest BCUT2D eigenvalue weighted by atomic mass is 19.1. The Kier molecular flexibility index (Phi) is 6.63. The fraction of sp³-hybridized carbons (Fsp3) is 0.182. The molecule has 0 saturated carbocycles. The summed E-state index contributed by atoms with van der Waals surface area (Å²) in [5.41, 5.74) is 2.74. The third kappa shape index (κ3) is 5.68. The molecule has 0 fully saturated rings. The second-order valence-electron chi connectivity index (χ2n) is 6.36. The molecule has 2 amide bonds. The molecule has 0 aliphatic carbocycles. The highest BCUT2D eigenvalue weighted by Gasteiger charge is 2.09. The molecule has 0 spiro atoms. The van der Waals surface area contributed by atoms with Crippen molar-refractivity contribution >= 4 is 17.7 Å². The van der Waals surface area contributed by atoms with Crippen molar-refractivity contribution in [1.29, 1.82) is 0 Å². The van der Waals surface area contributed by atoms with Crippen LogP contribution in [0.4, 0.5) is 14.9 Å². The highest BCUT2D eigenvalue weighted by molar-refractivity contribution is 5.93. The Morgan fingerprint density at radius 1 is 1.07 bits per heavy atom. The van der Waals surface area contributed by atoms with Crippen molar-refractivity contribution in [3.05, 3.63) is 89.5 Å². The van der Waals surface area contributed by atoms with Crippen LogP contribution in [-0.2, 0) is 17.8 Å². The van der Waals surface area contributed by atoms with Crippen LogP contribution in [0.15, 0.2) is 66.9 Å². The van der Waals surface area contributed by atoms with E-state index in [0.29, 0.717) is 24.3 Å². The summed E-state index contributed by atoms with van der Waals surface area (Å²) in [7, 11) is 0. The van der Waals surface area contributed by atoms with E-state index < -0.39 is 5.97 Å². The van der Waals surface area contributed by atoms with Crippen LogP contribution in [0.2, 0.25) is 0 Å². The van der Waals surface area contributed by atoms with Crippen molar-refractivity contribution in [1.82, 2.24) is 9.88 Å². The van der Waals surface area contributed by atoms with E-state index >= 15 is 0 Å². The van der Waals surface area contributed by atoms with E-state index in [-0.39, 0.29) is 18.5 Å². The van der Waals surface area contributed by atoms with Gasteiger partial charge in [0.25, 0.3) is 0 Å². The van der Waals surface area contributed by atoms with Crippen LogP contribution in [0.1, 0.15) is 28.5 Å². The maximum atomic E-state index is 13.1. The van der Waals surface area contributed by atoms with Crippen molar-refractivity contribution in [3.8, 4) is 0 Å². The summed E-state index contributed by atoms with van der Waals surface area (Å²) < 4.78 is 20.0. The third-order valence-electron chi connectivity index (χ3n) is 4.25. The molecule has 150 valence electrons. The van der Waals surface area contributed by atoms with Gasteiger partial charge in [0.15, 0.2) is 0 Å². The van der Waals surface area contributed by atoms with E-state index in [1.54, 1.807) is 43.3 Å². The van der Waals surface area contributed by atoms with Gasteiger partial charge in [0, 0.05) is 24.1 Å². The Bertz CT molecular complexity index is 983. The minimum atomic E-state index is -0.435. The number of hydrogen-bond acceptors (Lipinski definition) is 3. The minimum absolute atomic E-state index is 0.271. The average Bonchev–Trinajstić information content (AvgIpc) is 3.15. The van der Waals surface area contributed by atoms with Crippen LogP contribution < -0.4 is 10.6 Å². The number of hydrogen-bond donors (Lipinski definition) is 2. The molecule has 3 rings (SSSR count). The summed E-state index contributed by atoms with van der Waals surface area (Å²) in [6.07, 6.45) is 1.90. The Morgan fingerprint density at radius 3 is 2.62 bits per heavy atom. The van der Waals surface area contributed by atoms with Gasteiger partial charge in [0.2, 0.25) is 0 Å². The summed E-state index contributed by atoms with van der Waals surface area (Å²) in [6, 6.07) is 16.3. The number of benzene rings is 2. The zero-order valence-electron chi connectivity index (χ0n) is 16.0. The summed E-state index contributed by atoms with van der Waals surface area (Å²) >= 11 is 0. The number of anilines is 1. The van der Waals surface area contributed by atoms with E-state index in [1.165, 1.54) is 12.1 Å². The molecule has 0 radical (unpaired) electrons. The minimum Gasteiger partial charge on any atom is -0.462 e. The van der Waals surface area contributed by atoms with Gasteiger partial charge in [0.1, 0.15) is 5.82 Å². The number of aromatic nitrogens is 1. The Morgan fingerprint density at radius 2 is 1.86 bits per heavy atom. The lowest BCUT2D eigenvalue weighted by Crippen LogP contribution is -2.29. The second-order valence-corrected chi connectivity index (χ2v) is 6.36. The van der Waals surface area contributed by atoms with Crippen molar-refractivity contribution in [2.24, 2.45) is 0 Å².